The summed E-state index contributed by atoms with van der Waals surface area (Å²) in [5.41, 5.74) is 2.54. The number of hydrogen-bond donors (Lipinski definition) is 1. The average molecular weight is 504 g/mol. The summed E-state index contributed by atoms with van der Waals surface area (Å²) in [5.74, 6) is -0.0312. The van der Waals surface area contributed by atoms with Gasteiger partial charge in [0, 0.05) is 17.1 Å². The van der Waals surface area contributed by atoms with Crippen molar-refractivity contribution in [1.29, 1.82) is 0 Å². The van der Waals surface area contributed by atoms with E-state index in [0.29, 0.717) is 28.4 Å². The fourth-order valence-electron chi connectivity index (χ4n) is 3.53. The maximum Gasteiger partial charge on any atom is 0.279 e. The first-order valence-electron chi connectivity index (χ1n) is 10.2. The minimum Gasteiger partial charge on any atom is -0.284 e. The Hall–Kier alpha value is -2.88. The van der Waals surface area contributed by atoms with Crippen molar-refractivity contribution in [2.24, 2.45) is 5.10 Å². The van der Waals surface area contributed by atoms with Crippen LogP contribution in [0.1, 0.15) is 30.5 Å². The van der Waals surface area contributed by atoms with Crippen LogP contribution in [0.5, 0.6) is 0 Å². The SMILES string of the molecule is CCS(=O)(=O)Nc1ccc(C2=NN(S(=O)(=O)c3cccc(Cl)c3)C(c3ccccc3)C2)cc1. The summed E-state index contributed by atoms with van der Waals surface area (Å²) in [6.07, 6.45) is 0.365. The van der Waals surface area contributed by atoms with Gasteiger partial charge in [-0.3, -0.25) is 4.72 Å². The van der Waals surface area contributed by atoms with Crippen LogP contribution in [0.15, 0.2) is 88.9 Å². The first-order valence-corrected chi connectivity index (χ1v) is 13.7. The van der Waals surface area contributed by atoms with Crippen molar-refractivity contribution in [3.8, 4) is 0 Å². The lowest BCUT2D eigenvalue weighted by Gasteiger charge is -2.23. The Morgan fingerprint density at radius 2 is 1.67 bits per heavy atom. The van der Waals surface area contributed by atoms with Gasteiger partial charge in [0.05, 0.1) is 22.4 Å². The predicted molar refractivity (Wildman–Crippen MR) is 130 cm³/mol. The van der Waals surface area contributed by atoms with Crippen LogP contribution >= 0.6 is 11.6 Å². The van der Waals surface area contributed by atoms with E-state index in [-0.39, 0.29) is 10.6 Å². The van der Waals surface area contributed by atoms with Crippen molar-refractivity contribution in [2.75, 3.05) is 10.5 Å². The Morgan fingerprint density at radius 1 is 0.970 bits per heavy atom. The quantitative estimate of drug-likeness (QED) is 0.508. The van der Waals surface area contributed by atoms with Gasteiger partial charge in [-0.05, 0) is 48.4 Å². The van der Waals surface area contributed by atoms with Crippen LogP contribution < -0.4 is 4.72 Å². The molecular weight excluding hydrogens is 482 g/mol. The topological polar surface area (TPSA) is 95.9 Å². The number of nitrogens with one attached hydrogen (secondary N) is 1. The molecule has 0 bridgehead atoms. The molecule has 1 heterocycles. The molecule has 10 heteroatoms. The van der Waals surface area contributed by atoms with Gasteiger partial charge in [0.15, 0.2) is 0 Å². The van der Waals surface area contributed by atoms with Crippen molar-refractivity contribution in [3.63, 3.8) is 0 Å². The second-order valence-electron chi connectivity index (χ2n) is 7.50. The van der Waals surface area contributed by atoms with Gasteiger partial charge in [-0.15, -0.1) is 0 Å². The summed E-state index contributed by atoms with van der Waals surface area (Å²) in [6, 6.07) is 21.6. The van der Waals surface area contributed by atoms with Crippen molar-refractivity contribution < 1.29 is 16.8 Å². The highest BCUT2D eigenvalue weighted by Crippen LogP contribution is 2.37. The van der Waals surface area contributed by atoms with Crippen molar-refractivity contribution in [3.05, 3.63) is 95.0 Å². The highest BCUT2D eigenvalue weighted by molar-refractivity contribution is 7.92. The molecule has 172 valence electrons. The number of hydrazone groups is 1. The molecule has 1 N–H and O–H groups in total. The molecule has 0 amide bonds. The number of benzene rings is 3. The van der Waals surface area contributed by atoms with Crippen LogP contribution in [-0.4, -0.2) is 32.7 Å². The van der Waals surface area contributed by atoms with E-state index in [2.05, 4.69) is 9.82 Å². The van der Waals surface area contributed by atoms with Crippen LogP contribution in [0.2, 0.25) is 5.02 Å². The fourth-order valence-corrected chi connectivity index (χ4v) is 5.90. The summed E-state index contributed by atoms with van der Waals surface area (Å²) in [7, 11) is -7.36. The van der Waals surface area contributed by atoms with Crippen molar-refractivity contribution in [2.45, 2.75) is 24.3 Å². The zero-order valence-electron chi connectivity index (χ0n) is 17.7. The third kappa shape index (κ3) is 5.05. The molecule has 0 aromatic heterocycles. The first-order chi connectivity index (χ1) is 15.7. The standard InChI is InChI=1S/C23H22ClN3O4S2/c1-2-32(28,29)26-20-13-11-17(12-14-20)22-16-23(18-7-4-3-5-8-18)27(25-22)33(30,31)21-10-6-9-19(24)15-21/h3-15,23,26H,2,16H2,1H3. The maximum atomic E-state index is 13.5. The van der Waals surface area contributed by atoms with Gasteiger partial charge in [-0.2, -0.15) is 17.9 Å². The van der Waals surface area contributed by atoms with Gasteiger partial charge in [0.25, 0.3) is 10.0 Å². The van der Waals surface area contributed by atoms with Gasteiger partial charge in [-0.25, -0.2) is 8.42 Å². The Kier molecular flexibility index (Phi) is 6.47. The number of hydrogen-bond acceptors (Lipinski definition) is 5. The van der Waals surface area contributed by atoms with E-state index in [1.807, 2.05) is 30.3 Å². The molecule has 1 aliphatic rings. The van der Waals surface area contributed by atoms with E-state index in [1.54, 1.807) is 43.3 Å². The van der Waals surface area contributed by atoms with E-state index in [4.69, 9.17) is 11.6 Å². The average Bonchev–Trinajstić information content (AvgIpc) is 3.26. The third-order valence-electron chi connectivity index (χ3n) is 5.27. The summed E-state index contributed by atoms with van der Waals surface area (Å²) in [5, 5.41) is 4.81. The third-order valence-corrected chi connectivity index (χ3v) is 8.49. The molecule has 33 heavy (non-hydrogen) atoms. The number of nitrogens with zero attached hydrogens (tertiary/aromatic N) is 2. The monoisotopic (exact) mass is 503 g/mol. The lowest BCUT2D eigenvalue weighted by molar-refractivity contribution is 0.371. The van der Waals surface area contributed by atoms with Crippen LogP contribution in [-0.2, 0) is 20.0 Å². The van der Waals surface area contributed by atoms with Gasteiger partial charge in [0.2, 0.25) is 10.0 Å². The number of rotatable bonds is 7. The van der Waals surface area contributed by atoms with Crippen molar-refractivity contribution >= 4 is 43.0 Å². The zero-order valence-corrected chi connectivity index (χ0v) is 20.1. The summed E-state index contributed by atoms with van der Waals surface area (Å²) in [4.78, 5) is 0.0604. The van der Waals surface area contributed by atoms with Gasteiger partial charge in [-0.1, -0.05) is 60.1 Å². The molecule has 0 spiro atoms. The molecule has 1 atom stereocenters. The second kappa shape index (κ2) is 9.17. The summed E-state index contributed by atoms with van der Waals surface area (Å²) >= 11 is 6.04. The lowest BCUT2D eigenvalue weighted by atomic mass is 9.99. The van der Waals surface area contributed by atoms with Gasteiger partial charge < -0.3 is 0 Å². The van der Waals surface area contributed by atoms with E-state index >= 15 is 0 Å². The molecule has 3 aromatic rings. The molecule has 0 aliphatic carbocycles. The molecule has 0 saturated carbocycles. The summed E-state index contributed by atoms with van der Waals surface area (Å²) < 4.78 is 54.2. The van der Waals surface area contributed by atoms with E-state index < -0.39 is 26.1 Å². The van der Waals surface area contributed by atoms with E-state index in [1.165, 1.54) is 12.1 Å². The molecule has 0 radical (unpaired) electrons. The smallest absolute Gasteiger partial charge is 0.279 e. The van der Waals surface area contributed by atoms with Crippen LogP contribution in [0.3, 0.4) is 0 Å². The minimum atomic E-state index is -3.97. The van der Waals surface area contributed by atoms with E-state index in [0.717, 1.165) is 9.98 Å². The molecule has 4 rings (SSSR count). The molecule has 0 saturated heterocycles. The molecule has 0 fully saturated rings. The molecule has 1 aliphatic heterocycles. The molecule has 1 unspecified atom stereocenters. The van der Waals surface area contributed by atoms with Gasteiger partial charge in [0.1, 0.15) is 0 Å². The minimum absolute atomic E-state index is 0.0312. The Labute approximate surface area is 198 Å². The normalized spacial score (nSPS) is 16.5. The van der Waals surface area contributed by atoms with Crippen LogP contribution in [0.25, 0.3) is 0 Å². The van der Waals surface area contributed by atoms with Crippen LogP contribution in [0, 0.1) is 0 Å². The second-order valence-corrected chi connectivity index (χ2v) is 11.7. The first kappa shape index (κ1) is 23.3. The fraction of sp³-hybridized carbons (Fsp3) is 0.174. The van der Waals surface area contributed by atoms with Crippen LogP contribution in [0.4, 0.5) is 5.69 Å². The lowest BCUT2D eigenvalue weighted by Crippen LogP contribution is -2.27. The predicted octanol–water partition coefficient (Wildman–Crippen LogP) is 4.64. The van der Waals surface area contributed by atoms with Gasteiger partial charge >= 0.3 is 0 Å². The maximum absolute atomic E-state index is 13.5. The highest BCUT2D eigenvalue weighted by Gasteiger charge is 2.37. The molecule has 3 aromatic carbocycles. The zero-order chi connectivity index (χ0) is 23.6. The molecule has 7 nitrogen and oxygen atoms in total. The Balaban J connectivity index is 1.71. The largest absolute Gasteiger partial charge is 0.284 e. The molecular formula is C23H22ClN3O4S2. The summed E-state index contributed by atoms with van der Waals surface area (Å²) in [6.45, 7) is 1.56. The highest BCUT2D eigenvalue weighted by atomic mass is 35.5. The van der Waals surface area contributed by atoms with Crippen molar-refractivity contribution in [1.82, 2.24) is 4.41 Å². The van der Waals surface area contributed by atoms with E-state index in [9.17, 15) is 16.8 Å². The Morgan fingerprint density at radius 3 is 2.30 bits per heavy atom. The number of sulfonamides is 2. The number of halogens is 1. The Bertz CT molecular complexity index is 1390. The number of anilines is 1.